The lowest BCUT2D eigenvalue weighted by Crippen LogP contribution is -2.19. The SMILES string of the molecule is Cc1c(C#N)cccc1C(O)C(O)CCBr. The first-order valence-corrected chi connectivity index (χ1v) is 6.15. The van der Waals surface area contributed by atoms with E-state index in [1.54, 1.807) is 25.1 Å². The lowest BCUT2D eigenvalue weighted by molar-refractivity contribution is 0.0170. The summed E-state index contributed by atoms with van der Waals surface area (Å²) in [5, 5.41) is 29.1. The van der Waals surface area contributed by atoms with Crippen molar-refractivity contribution in [3.05, 3.63) is 34.9 Å². The number of halogens is 1. The Hall–Kier alpha value is -0.890. The molecule has 0 aliphatic carbocycles. The predicted molar refractivity (Wildman–Crippen MR) is 65.3 cm³/mol. The molecule has 86 valence electrons. The van der Waals surface area contributed by atoms with Crippen molar-refractivity contribution in [1.29, 1.82) is 5.26 Å². The Kier molecular flexibility index (Phi) is 4.94. The number of aliphatic hydroxyl groups is 2. The molecule has 1 aromatic rings. The van der Waals surface area contributed by atoms with Crippen LogP contribution in [-0.4, -0.2) is 21.6 Å². The van der Waals surface area contributed by atoms with Gasteiger partial charge in [0.05, 0.1) is 17.7 Å². The molecule has 0 spiro atoms. The third kappa shape index (κ3) is 2.82. The summed E-state index contributed by atoms with van der Waals surface area (Å²) in [6, 6.07) is 7.20. The molecule has 1 aromatic carbocycles. The van der Waals surface area contributed by atoms with E-state index >= 15 is 0 Å². The van der Waals surface area contributed by atoms with Crippen LogP contribution in [0.25, 0.3) is 0 Å². The van der Waals surface area contributed by atoms with Crippen LogP contribution in [0.3, 0.4) is 0 Å². The Morgan fingerprint density at radius 2 is 2.12 bits per heavy atom. The zero-order valence-electron chi connectivity index (χ0n) is 9.02. The van der Waals surface area contributed by atoms with E-state index in [4.69, 9.17) is 5.26 Å². The summed E-state index contributed by atoms with van der Waals surface area (Å²) in [5.74, 6) is 0. The van der Waals surface area contributed by atoms with Gasteiger partial charge in [0.2, 0.25) is 0 Å². The third-order valence-electron chi connectivity index (χ3n) is 2.58. The van der Waals surface area contributed by atoms with Gasteiger partial charge in [-0.05, 0) is 30.5 Å². The quantitative estimate of drug-likeness (QED) is 0.832. The van der Waals surface area contributed by atoms with Gasteiger partial charge in [0.15, 0.2) is 0 Å². The van der Waals surface area contributed by atoms with Gasteiger partial charge in [0.25, 0.3) is 0 Å². The number of benzene rings is 1. The summed E-state index contributed by atoms with van der Waals surface area (Å²) in [6.07, 6.45) is -1.28. The van der Waals surface area contributed by atoms with E-state index in [1.807, 2.05) is 0 Å². The Morgan fingerprint density at radius 1 is 1.44 bits per heavy atom. The van der Waals surface area contributed by atoms with E-state index in [0.29, 0.717) is 22.9 Å². The molecule has 1 rings (SSSR count). The average Bonchev–Trinajstić information content (AvgIpc) is 2.29. The monoisotopic (exact) mass is 283 g/mol. The molecule has 2 atom stereocenters. The standard InChI is InChI=1S/C12H14BrNO2/c1-8-9(7-14)3-2-4-10(8)12(16)11(15)5-6-13/h2-4,11-12,15-16H,5-6H2,1H3. The van der Waals surface area contributed by atoms with Crippen molar-refractivity contribution in [1.82, 2.24) is 0 Å². The van der Waals surface area contributed by atoms with Gasteiger partial charge in [-0.1, -0.05) is 28.1 Å². The topological polar surface area (TPSA) is 64.2 Å². The lowest BCUT2D eigenvalue weighted by atomic mass is 9.95. The van der Waals surface area contributed by atoms with E-state index in [-0.39, 0.29) is 0 Å². The second-order valence-corrected chi connectivity index (χ2v) is 4.41. The number of rotatable bonds is 4. The number of alkyl halides is 1. The number of hydrogen-bond donors (Lipinski definition) is 2. The van der Waals surface area contributed by atoms with E-state index in [9.17, 15) is 10.2 Å². The molecule has 2 N–H and O–H groups in total. The van der Waals surface area contributed by atoms with Gasteiger partial charge < -0.3 is 10.2 Å². The second-order valence-electron chi connectivity index (χ2n) is 3.62. The first-order chi connectivity index (χ1) is 7.61. The normalized spacial score (nSPS) is 14.2. The molecule has 0 aliphatic rings. The second kappa shape index (κ2) is 6.00. The maximum atomic E-state index is 9.94. The molecular weight excluding hydrogens is 270 g/mol. The molecule has 0 amide bonds. The van der Waals surface area contributed by atoms with Gasteiger partial charge in [-0.3, -0.25) is 0 Å². The molecule has 4 heteroatoms. The van der Waals surface area contributed by atoms with Gasteiger partial charge in [-0.25, -0.2) is 0 Å². The number of nitrogens with zero attached hydrogens (tertiary/aromatic N) is 1. The molecule has 0 radical (unpaired) electrons. The summed E-state index contributed by atoms with van der Waals surface area (Å²) in [4.78, 5) is 0. The minimum Gasteiger partial charge on any atom is -0.390 e. The highest BCUT2D eigenvalue weighted by Gasteiger charge is 2.20. The zero-order valence-corrected chi connectivity index (χ0v) is 10.6. The van der Waals surface area contributed by atoms with Crippen molar-refractivity contribution in [3.8, 4) is 6.07 Å². The zero-order chi connectivity index (χ0) is 12.1. The molecule has 0 saturated carbocycles. The smallest absolute Gasteiger partial charge is 0.105 e. The Bertz CT molecular complexity index is 400. The van der Waals surface area contributed by atoms with Crippen LogP contribution in [0.1, 0.15) is 29.2 Å². The summed E-state index contributed by atoms with van der Waals surface area (Å²) < 4.78 is 0. The van der Waals surface area contributed by atoms with Gasteiger partial charge in [-0.2, -0.15) is 5.26 Å². The van der Waals surface area contributed by atoms with Crippen LogP contribution in [-0.2, 0) is 0 Å². The van der Waals surface area contributed by atoms with Crippen LogP contribution in [0, 0.1) is 18.3 Å². The number of nitriles is 1. The first-order valence-electron chi connectivity index (χ1n) is 5.03. The molecule has 2 unspecified atom stereocenters. The third-order valence-corrected chi connectivity index (χ3v) is 3.04. The maximum Gasteiger partial charge on any atom is 0.105 e. The van der Waals surface area contributed by atoms with Crippen molar-refractivity contribution in [2.45, 2.75) is 25.6 Å². The Labute approximate surface area is 103 Å². The highest BCUT2D eigenvalue weighted by molar-refractivity contribution is 9.09. The largest absolute Gasteiger partial charge is 0.390 e. The van der Waals surface area contributed by atoms with E-state index in [2.05, 4.69) is 22.0 Å². The average molecular weight is 284 g/mol. The molecule has 16 heavy (non-hydrogen) atoms. The van der Waals surface area contributed by atoms with Crippen LogP contribution in [0.5, 0.6) is 0 Å². The Balaban J connectivity index is 3.00. The van der Waals surface area contributed by atoms with Crippen molar-refractivity contribution in [3.63, 3.8) is 0 Å². The van der Waals surface area contributed by atoms with Gasteiger partial charge >= 0.3 is 0 Å². The van der Waals surface area contributed by atoms with Crippen molar-refractivity contribution >= 4 is 15.9 Å². The number of aliphatic hydroxyl groups excluding tert-OH is 2. The van der Waals surface area contributed by atoms with Gasteiger partial charge in [0.1, 0.15) is 6.10 Å². The Morgan fingerprint density at radius 3 is 2.69 bits per heavy atom. The summed E-state index contributed by atoms with van der Waals surface area (Å²) >= 11 is 3.21. The summed E-state index contributed by atoms with van der Waals surface area (Å²) in [6.45, 7) is 1.78. The molecular formula is C12H14BrNO2. The summed E-state index contributed by atoms with van der Waals surface area (Å²) in [7, 11) is 0. The van der Waals surface area contributed by atoms with Crippen LogP contribution >= 0.6 is 15.9 Å². The van der Waals surface area contributed by atoms with E-state index in [1.165, 1.54) is 0 Å². The minimum atomic E-state index is -0.939. The van der Waals surface area contributed by atoms with Crippen molar-refractivity contribution in [2.75, 3.05) is 5.33 Å². The van der Waals surface area contributed by atoms with Crippen LogP contribution in [0.15, 0.2) is 18.2 Å². The summed E-state index contributed by atoms with van der Waals surface area (Å²) in [5.41, 5.74) is 1.88. The maximum absolute atomic E-state index is 9.94. The molecule has 3 nitrogen and oxygen atoms in total. The predicted octanol–water partition coefficient (Wildman–Crippen LogP) is 2.05. The van der Waals surface area contributed by atoms with E-state index < -0.39 is 12.2 Å². The van der Waals surface area contributed by atoms with E-state index in [0.717, 1.165) is 5.56 Å². The molecule has 0 fully saturated rings. The lowest BCUT2D eigenvalue weighted by Gasteiger charge is -2.19. The highest BCUT2D eigenvalue weighted by atomic mass is 79.9. The number of hydrogen-bond acceptors (Lipinski definition) is 3. The van der Waals surface area contributed by atoms with Crippen LogP contribution in [0.4, 0.5) is 0 Å². The molecule has 0 saturated heterocycles. The van der Waals surface area contributed by atoms with Crippen LogP contribution < -0.4 is 0 Å². The fourth-order valence-corrected chi connectivity index (χ4v) is 2.04. The fraction of sp³-hybridized carbons (Fsp3) is 0.417. The van der Waals surface area contributed by atoms with Crippen molar-refractivity contribution in [2.24, 2.45) is 0 Å². The van der Waals surface area contributed by atoms with Gasteiger partial charge in [0, 0.05) is 5.33 Å². The highest BCUT2D eigenvalue weighted by Crippen LogP contribution is 2.24. The first kappa shape index (κ1) is 13.2. The van der Waals surface area contributed by atoms with Crippen molar-refractivity contribution < 1.29 is 10.2 Å². The molecule has 0 aromatic heterocycles. The van der Waals surface area contributed by atoms with Gasteiger partial charge in [-0.15, -0.1) is 0 Å². The molecule has 0 bridgehead atoms. The minimum absolute atomic E-state index is 0.470. The fourth-order valence-electron chi connectivity index (χ4n) is 1.57. The molecule has 0 aliphatic heterocycles. The van der Waals surface area contributed by atoms with Crippen LogP contribution in [0.2, 0.25) is 0 Å². The molecule has 0 heterocycles.